The highest BCUT2D eigenvalue weighted by Gasteiger charge is 2.28. The zero-order valence-electron chi connectivity index (χ0n) is 16.0. The van der Waals surface area contributed by atoms with Gasteiger partial charge in [-0.05, 0) is 44.0 Å². The summed E-state index contributed by atoms with van der Waals surface area (Å²) < 4.78 is 32.6. The number of nitrogens with zero attached hydrogens (tertiary/aromatic N) is 2. The van der Waals surface area contributed by atoms with Gasteiger partial charge in [-0.3, -0.25) is 9.69 Å². The second kappa shape index (κ2) is 10.0. The highest BCUT2D eigenvalue weighted by Crippen LogP contribution is 2.27. The first-order valence-electron chi connectivity index (χ1n) is 9.86. The maximum atomic E-state index is 12.9. The number of amides is 1. The average molecular weight is 430 g/mol. The lowest BCUT2D eigenvalue weighted by molar-refractivity contribution is 0.0374. The largest absolute Gasteiger partial charge is 0.379 e. The van der Waals surface area contributed by atoms with Gasteiger partial charge in [-0.2, -0.15) is 4.31 Å². The SMILES string of the molecule is O=C(NCCCN1CCOCC1)c1ccc(Cl)c(S(=O)(=O)N2CCCCC2)c1. The summed E-state index contributed by atoms with van der Waals surface area (Å²) in [5.74, 6) is -0.284. The Hall–Kier alpha value is -1.19. The molecule has 2 aliphatic rings. The van der Waals surface area contributed by atoms with Gasteiger partial charge in [0.15, 0.2) is 0 Å². The molecule has 2 aliphatic heterocycles. The van der Waals surface area contributed by atoms with Gasteiger partial charge in [-0.15, -0.1) is 0 Å². The summed E-state index contributed by atoms with van der Waals surface area (Å²) in [7, 11) is -3.69. The highest BCUT2D eigenvalue weighted by molar-refractivity contribution is 7.89. The number of hydrogen-bond donors (Lipinski definition) is 1. The van der Waals surface area contributed by atoms with Crippen LogP contribution in [0.4, 0.5) is 0 Å². The van der Waals surface area contributed by atoms with Crippen LogP contribution in [0.25, 0.3) is 0 Å². The smallest absolute Gasteiger partial charge is 0.251 e. The van der Waals surface area contributed by atoms with E-state index in [4.69, 9.17) is 16.3 Å². The predicted molar refractivity (Wildman–Crippen MR) is 108 cm³/mol. The Morgan fingerprint density at radius 1 is 1.11 bits per heavy atom. The summed E-state index contributed by atoms with van der Waals surface area (Å²) in [6.07, 6.45) is 3.56. The van der Waals surface area contributed by atoms with Crippen LogP contribution in [0.5, 0.6) is 0 Å². The summed E-state index contributed by atoms with van der Waals surface area (Å²) in [5, 5.41) is 3.02. The topological polar surface area (TPSA) is 79.0 Å². The Labute approximate surface area is 172 Å². The van der Waals surface area contributed by atoms with E-state index < -0.39 is 10.0 Å². The van der Waals surface area contributed by atoms with Crippen molar-refractivity contribution in [3.63, 3.8) is 0 Å². The predicted octanol–water partition coefficient (Wildman–Crippen LogP) is 1.97. The highest BCUT2D eigenvalue weighted by atomic mass is 35.5. The lowest BCUT2D eigenvalue weighted by Crippen LogP contribution is -2.38. The van der Waals surface area contributed by atoms with Gasteiger partial charge in [0.25, 0.3) is 5.91 Å². The van der Waals surface area contributed by atoms with Crippen LogP contribution >= 0.6 is 11.6 Å². The van der Waals surface area contributed by atoms with Gasteiger partial charge >= 0.3 is 0 Å². The van der Waals surface area contributed by atoms with Crippen LogP contribution in [-0.4, -0.2) is 76.0 Å². The third-order valence-corrected chi connectivity index (χ3v) is 7.55. The van der Waals surface area contributed by atoms with E-state index in [2.05, 4.69) is 10.2 Å². The molecular formula is C19H28ClN3O4S. The molecule has 0 aromatic heterocycles. The molecule has 1 aromatic rings. The van der Waals surface area contributed by atoms with Crippen molar-refractivity contribution in [1.29, 1.82) is 0 Å². The molecule has 3 rings (SSSR count). The molecular weight excluding hydrogens is 402 g/mol. The van der Waals surface area contributed by atoms with E-state index in [-0.39, 0.29) is 15.8 Å². The summed E-state index contributed by atoms with van der Waals surface area (Å²) >= 11 is 6.16. The Balaban J connectivity index is 1.59. The van der Waals surface area contributed by atoms with E-state index in [0.717, 1.165) is 58.5 Å². The summed E-state index contributed by atoms with van der Waals surface area (Å²) in [4.78, 5) is 14.8. The number of nitrogens with one attached hydrogen (secondary N) is 1. The van der Waals surface area contributed by atoms with Crippen molar-refractivity contribution < 1.29 is 17.9 Å². The van der Waals surface area contributed by atoms with Crippen LogP contribution < -0.4 is 5.32 Å². The standard InChI is InChI=1S/C19H28ClN3O4S/c20-17-6-5-16(15-18(17)28(25,26)23-9-2-1-3-10-23)19(24)21-7-4-8-22-11-13-27-14-12-22/h5-6,15H,1-4,7-14H2,(H,21,24). The van der Waals surface area contributed by atoms with Gasteiger partial charge in [-0.1, -0.05) is 18.0 Å². The zero-order chi connectivity index (χ0) is 20.0. The molecule has 156 valence electrons. The Morgan fingerprint density at radius 2 is 1.82 bits per heavy atom. The summed E-state index contributed by atoms with van der Waals surface area (Å²) in [5.41, 5.74) is 0.311. The Morgan fingerprint density at radius 3 is 2.54 bits per heavy atom. The second-order valence-corrected chi connectivity index (χ2v) is 9.49. The second-order valence-electron chi connectivity index (χ2n) is 7.17. The molecule has 2 fully saturated rings. The number of sulfonamides is 1. The van der Waals surface area contributed by atoms with E-state index in [9.17, 15) is 13.2 Å². The number of carbonyl (C=O) groups is 1. The zero-order valence-corrected chi connectivity index (χ0v) is 17.6. The molecule has 2 heterocycles. The van der Waals surface area contributed by atoms with Crippen molar-refractivity contribution in [2.24, 2.45) is 0 Å². The molecule has 0 atom stereocenters. The average Bonchev–Trinajstić information content (AvgIpc) is 2.72. The van der Waals surface area contributed by atoms with Gasteiger partial charge in [0.2, 0.25) is 10.0 Å². The van der Waals surface area contributed by atoms with Gasteiger partial charge in [-0.25, -0.2) is 8.42 Å². The number of piperidine rings is 1. The molecule has 0 aliphatic carbocycles. The van der Waals surface area contributed by atoms with Crippen molar-refractivity contribution >= 4 is 27.5 Å². The Bertz CT molecular complexity index is 775. The number of morpholine rings is 1. The van der Waals surface area contributed by atoms with Crippen LogP contribution in [0, 0.1) is 0 Å². The van der Waals surface area contributed by atoms with Crippen LogP contribution in [0.2, 0.25) is 5.02 Å². The molecule has 2 saturated heterocycles. The molecule has 1 N–H and O–H groups in total. The van der Waals surface area contributed by atoms with Gasteiger partial charge in [0, 0.05) is 38.3 Å². The molecule has 28 heavy (non-hydrogen) atoms. The van der Waals surface area contributed by atoms with Gasteiger partial charge < -0.3 is 10.1 Å². The van der Waals surface area contributed by atoms with Crippen molar-refractivity contribution in [3.8, 4) is 0 Å². The fourth-order valence-corrected chi connectivity index (χ4v) is 5.54. The summed E-state index contributed by atoms with van der Waals surface area (Å²) in [6.45, 7) is 5.78. The first kappa shape index (κ1) is 21.5. The monoisotopic (exact) mass is 429 g/mol. The lowest BCUT2D eigenvalue weighted by atomic mass is 10.2. The molecule has 1 amide bonds. The first-order valence-corrected chi connectivity index (χ1v) is 11.7. The molecule has 0 bridgehead atoms. The fraction of sp³-hybridized carbons (Fsp3) is 0.632. The van der Waals surface area contributed by atoms with E-state index in [0.29, 0.717) is 25.2 Å². The number of rotatable bonds is 7. The third kappa shape index (κ3) is 5.45. The fourth-order valence-electron chi connectivity index (χ4n) is 3.52. The minimum Gasteiger partial charge on any atom is -0.379 e. The van der Waals surface area contributed by atoms with Crippen LogP contribution in [0.1, 0.15) is 36.0 Å². The van der Waals surface area contributed by atoms with E-state index >= 15 is 0 Å². The van der Waals surface area contributed by atoms with E-state index in [1.807, 2.05) is 0 Å². The molecule has 0 spiro atoms. The van der Waals surface area contributed by atoms with Crippen molar-refractivity contribution in [2.75, 3.05) is 52.5 Å². The minimum absolute atomic E-state index is 0.0111. The molecule has 9 heteroatoms. The maximum absolute atomic E-state index is 12.9. The van der Waals surface area contributed by atoms with E-state index in [1.165, 1.54) is 16.4 Å². The van der Waals surface area contributed by atoms with Gasteiger partial charge in [0.05, 0.1) is 18.2 Å². The molecule has 0 radical (unpaired) electrons. The molecule has 0 saturated carbocycles. The molecule has 0 unspecified atom stereocenters. The molecule has 7 nitrogen and oxygen atoms in total. The normalized spacial score (nSPS) is 19.5. The van der Waals surface area contributed by atoms with Crippen molar-refractivity contribution in [2.45, 2.75) is 30.6 Å². The van der Waals surface area contributed by atoms with Crippen molar-refractivity contribution in [1.82, 2.24) is 14.5 Å². The maximum Gasteiger partial charge on any atom is 0.251 e. The summed E-state index contributed by atoms with van der Waals surface area (Å²) in [6, 6.07) is 4.44. The van der Waals surface area contributed by atoms with E-state index in [1.54, 1.807) is 6.07 Å². The van der Waals surface area contributed by atoms with Gasteiger partial charge in [0.1, 0.15) is 4.90 Å². The molecule has 1 aromatic carbocycles. The third-order valence-electron chi connectivity index (χ3n) is 5.17. The number of hydrogen-bond acceptors (Lipinski definition) is 5. The first-order chi connectivity index (χ1) is 13.5. The quantitative estimate of drug-likeness (QED) is 0.670. The minimum atomic E-state index is -3.69. The lowest BCUT2D eigenvalue weighted by Gasteiger charge is -2.26. The Kier molecular flexibility index (Phi) is 7.70. The van der Waals surface area contributed by atoms with Crippen LogP contribution in [-0.2, 0) is 14.8 Å². The number of ether oxygens (including phenoxy) is 1. The van der Waals surface area contributed by atoms with Crippen molar-refractivity contribution in [3.05, 3.63) is 28.8 Å². The number of benzene rings is 1. The van der Waals surface area contributed by atoms with Crippen LogP contribution in [0.3, 0.4) is 0 Å². The number of halogens is 1. The van der Waals surface area contributed by atoms with Crippen LogP contribution in [0.15, 0.2) is 23.1 Å². The number of carbonyl (C=O) groups excluding carboxylic acids is 1.